The van der Waals surface area contributed by atoms with Gasteiger partial charge in [0.15, 0.2) is 11.5 Å². The Hall–Kier alpha value is -2.52. The van der Waals surface area contributed by atoms with Crippen molar-refractivity contribution in [2.75, 3.05) is 0 Å². The zero-order chi connectivity index (χ0) is 16.6. The Bertz CT molecular complexity index is 763. The predicted octanol–water partition coefficient (Wildman–Crippen LogP) is 4.98. The monoisotopic (exact) mass is 339 g/mol. The Kier molecular flexibility index (Phi) is 5.70. The molecule has 0 radical (unpaired) electrons. The van der Waals surface area contributed by atoms with Gasteiger partial charge in [-0.1, -0.05) is 60.7 Å². The van der Waals surface area contributed by atoms with Gasteiger partial charge in [0.1, 0.15) is 18.9 Å². The molecule has 0 N–H and O–H groups in total. The number of alkyl halides is 1. The van der Waals surface area contributed by atoms with Crippen molar-refractivity contribution >= 4 is 11.6 Å². The molecule has 0 aliphatic rings. The largest absolute Gasteiger partial charge is 0.485 e. The average Bonchev–Trinajstić information content (AvgIpc) is 2.66. The highest BCUT2D eigenvalue weighted by atomic mass is 35.5. The van der Waals surface area contributed by atoms with Crippen LogP contribution in [0.5, 0.6) is 11.5 Å². The lowest BCUT2D eigenvalue weighted by Gasteiger charge is -2.15. The normalized spacial score (nSPS) is 10.4. The Morgan fingerprint density at radius 2 is 1.33 bits per heavy atom. The number of hydrogen-bond acceptors (Lipinski definition) is 3. The van der Waals surface area contributed by atoms with Crippen LogP contribution in [-0.4, -0.2) is 4.98 Å². The summed E-state index contributed by atoms with van der Waals surface area (Å²) in [4.78, 5) is 4.29. The molecule has 0 saturated heterocycles. The Morgan fingerprint density at radius 1 is 0.750 bits per heavy atom. The van der Waals surface area contributed by atoms with E-state index in [1.165, 1.54) is 0 Å². The van der Waals surface area contributed by atoms with Gasteiger partial charge in [-0.25, -0.2) is 0 Å². The van der Waals surface area contributed by atoms with Crippen molar-refractivity contribution in [3.63, 3.8) is 0 Å². The maximum Gasteiger partial charge on any atom is 0.184 e. The molecule has 0 aliphatic carbocycles. The molecular weight excluding hydrogens is 322 g/mol. The fraction of sp³-hybridized carbons (Fsp3) is 0.150. The van der Waals surface area contributed by atoms with E-state index in [4.69, 9.17) is 21.1 Å². The highest BCUT2D eigenvalue weighted by Crippen LogP contribution is 2.32. The molecule has 0 bridgehead atoms. The molecule has 0 aliphatic heterocycles. The van der Waals surface area contributed by atoms with E-state index in [9.17, 15) is 0 Å². The minimum atomic E-state index is 0.270. The molecule has 122 valence electrons. The van der Waals surface area contributed by atoms with Crippen molar-refractivity contribution in [2.24, 2.45) is 0 Å². The number of hydrogen-bond donors (Lipinski definition) is 0. The van der Waals surface area contributed by atoms with Crippen molar-refractivity contribution in [1.29, 1.82) is 0 Å². The van der Waals surface area contributed by atoms with Gasteiger partial charge in [0.05, 0.1) is 5.88 Å². The number of ether oxygens (including phenoxy) is 2. The molecule has 24 heavy (non-hydrogen) atoms. The highest BCUT2D eigenvalue weighted by Gasteiger charge is 2.12. The van der Waals surface area contributed by atoms with Gasteiger partial charge in [0.2, 0.25) is 0 Å². The number of rotatable bonds is 7. The van der Waals surface area contributed by atoms with Crippen LogP contribution in [0.1, 0.15) is 16.8 Å². The van der Waals surface area contributed by atoms with E-state index in [1.54, 1.807) is 12.3 Å². The second-order valence-electron chi connectivity index (χ2n) is 5.27. The lowest BCUT2D eigenvalue weighted by Crippen LogP contribution is -2.04. The molecule has 1 aromatic heterocycles. The number of benzene rings is 2. The summed E-state index contributed by atoms with van der Waals surface area (Å²) >= 11 is 6.00. The summed E-state index contributed by atoms with van der Waals surface area (Å²) < 4.78 is 11.9. The van der Waals surface area contributed by atoms with Gasteiger partial charge in [0, 0.05) is 12.3 Å². The third-order valence-electron chi connectivity index (χ3n) is 3.53. The zero-order valence-electron chi connectivity index (χ0n) is 13.2. The van der Waals surface area contributed by atoms with Crippen molar-refractivity contribution in [2.45, 2.75) is 19.1 Å². The molecule has 0 saturated carbocycles. The summed E-state index contributed by atoms with van der Waals surface area (Å²) in [5.74, 6) is 1.53. The van der Waals surface area contributed by atoms with Gasteiger partial charge in [-0.3, -0.25) is 4.98 Å². The van der Waals surface area contributed by atoms with Crippen LogP contribution in [0.4, 0.5) is 0 Å². The molecule has 2 aromatic carbocycles. The molecule has 0 unspecified atom stereocenters. The second-order valence-corrected chi connectivity index (χ2v) is 5.53. The zero-order valence-corrected chi connectivity index (χ0v) is 13.9. The van der Waals surface area contributed by atoms with Crippen molar-refractivity contribution < 1.29 is 9.47 Å². The summed E-state index contributed by atoms with van der Waals surface area (Å²) in [6.45, 7) is 0.909. The summed E-state index contributed by atoms with van der Waals surface area (Å²) in [6.07, 6.45) is 1.69. The van der Waals surface area contributed by atoms with Crippen LogP contribution < -0.4 is 9.47 Å². The first-order chi connectivity index (χ1) is 11.9. The Morgan fingerprint density at radius 3 is 1.92 bits per heavy atom. The molecule has 4 heteroatoms. The third kappa shape index (κ3) is 4.27. The van der Waals surface area contributed by atoms with Gasteiger partial charge in [0.25, 0.3) is 0 Å². The molecule has 3 rings (SSSR count). The van der Waals surface area contributed by atoms with E-state index in [1.807, 2.05) is 60.7 Å². The van der Waals surface area contributed by atoms with Crippen LogP contribution in [-0.2, 0) is 19.1 Å². The number of nitrogens with zero attached hydrogens (tertiary/aromatic N) is 1. The van der Waals surface area contributed by atoms with E-state index >= 15 is 0 Å². The molecule has 1 heterocycles. The minimum Gasteiger partial charge on any atom is -0.485 e. The van der Waals surface area contributed by atoms with Crippen LogP contribution in [0.3, 0.4) is 0 Å². The molecular formula is C20H18ClNO2. The van der Waals surface area contributed by atoms with Crippen LogP contribution in [0.15, 0.2) is 72.9 Å². The van der Waals surface area contributed by atoms with E-state index < -0.39 is 0 Å². The number of aromatic nitrogens is 1. The number of pyridine rings is 1. The molecule has 3 nitrogen and oxygen atoms in total. The summed E-state index contributed by atoms with van der Waals surface area (Å²) in [5.41, 5.74) is 2.85. The van der Waals surface area contributed by atoms with Gasteiger partial charge in [-0.15, -0.1) is 11.6 Å². The first-order valence-corrected chi connectivity index (χ1v) is 8.27. The molecule has 0 fully saturated rings. The lowest BCUT2D eigenvalue weighted by molar-refractivity contribution is 0.253. The van der Waals surface area contributed by atoms with E-state index in [0.29, 0.717) is 30.4 Å². The van der Waals surface area contributed by atoms with Crippen molar-refractivity contribution in [1.82, 2.24) is 4.98 Å². The highest BCUT2D eigenvalue weighted by molar-refractivity contribution is 6.17. The number of halogens is 1. The fourth-order valence-electron chi connectivity index (χ4n) is 2.30. The van der Waals surface area contributed by atoms with Gasteiger partial charge in [-0.2, -0.15) is 0 Å². The Labute approximate surface area is 146 Å². The van der Waals surface area contributed by atoms with Crippen LogP contribution in [0.25, 0.3) is 0 Å². The maximum atomic E-state index is 6.00. The van der Waals surface area contributed by atoms with E-state index in [-0.39, 0.29) is 5.88 Å². The summed E-state index contributed by atoms with van der Waals surface area (Å²) in [7, 11) is 0. The Balaban J connectivity index is 1.75. The topological polar surface area (TPSA) is 31.4 Å². The first kappa shape index (κ1) is 16.3. The second kappa shape index (κ2) is 8.37. The molecule has 3 aromatic rings. The standard InChI is InChI=1S/C20H18ClNO2/c21-13-18-20(24-15-17-9-5-2-6-10-17)19(11-12-22-18)23-14-16-7-3-1-4-8-16/h1-12H,13-15H2. The average molecular weight is 340 g/mol. The molecule has 0 atom stereocenters. The smallest absolute Gasteiger partial charge is 0.184 e. The van der Waals surface area contributed by atoms with Crippen molar-refractivity contribution in [3.05, 3.63) is 89.7 Å². The van der Waals surface area contributed by atoms with Crippen molar-refractivity contribution in [3.8, 4) is 11.5 Å². The third-order valence-corrected chi connectivity index (χ3v) is 3.79. The van der Waals surface area contributed by atoms with E-state index in [2.05, 4.69) is 4.98 Å². The summed E-state index contributed by atoms with van der Waals surface area (Å²) in [5, 5.41) is 0. The first-order valence-electron chi connectivity index (χ1n) is 7.74. The fourth-order valence-corrected chi connectivity index (χ4v) is 2.49. The minimum absolute atomic E-state index is 0.270. The van der Waals surface area contributed by atoms with E-state index in [0.717, 1.165) is 11.1 Å². The maximum absolute atomic E-state index is 6.00. The molecule has 0 spiro atoms. The van der Waals surface area contributed by atoms with Gasteiger partial charge in [-0.05, 0) is 11.1 Å². The van der Waals surface area contributed by atoms with Crippen LogP contribution in [0.2, 0.25) is 0 Å². The SMILES string of the molecule is ClCc1nccc(OCc2ccccc2)c1OCc1ccccc1. The summed E-state index contributed by atoms with van der Waals surface area (Å²) in [6, 6.07) is 21.8. The lowest BCUT2D eigenvalue weighted by atomic mass is 10.2. The van der Waals surface area contributed by atoms with Crippen LogP contribution >= 0.6 is 11.6 Å². The van der Waals surface area contributed by atoms with Crippen LogP contribution in [0, 0.1) is 0 Å². The van der Waals surface area contributed by atoms with Gasteiger partial charge >= 0.3 is 0 Å². The predicted molar refractivity (Wildman–Crippen MR) is 95.3 cm³/mol. The quantitative estimate of drug-likeness (QED) is 0.569. The van der Waals surface area contributed by atoms with Gasteiger partial charge < -0.3 is 9.47 Å². The molecule has 0 amide bonds.